The molecule has 0 bridgehead atoms. The van der Waals surface area contributed by atoms with Crippen LogP contribution in [0, 0.1) is 0 Å². The van der Waals surface area contributed by atoms with E-state index in [9.17, 15) is 14.4 Å². The third-order valence-corrected chi connectivity index (χ3v) is 4.12. The van der Waals surface area contributed by atoms with Gasteiger partial charge in [-0.2, -0.15) is 0 Å². The van der Waals surface area contributed by atoms with Crippen molar-refractivity contribution in [2.75, 3.05) is 16.8 Å². The lowest BCUT2D eigenvalue weighted by molar-refractivity contribution is -0.119. The minimum absolute atomic E-state index is 0.117. The molecule has 1 fully saturated rings. The lowest BCUT2D eigenvalue weighted by Gasteiger charge is -2.26. The van der Waals surface area contributed by atoms with Crippen LogP contribution in [0.1, 0.15) is 36.5 Å². The molecule has 2 amide bonds. The second-order valence-electron chi connectivity index (χ2n) is 6.14. The zero-order valence-corrected chi connectivity index (χ0v) is 14.5. The van der Waals surface area contributed by atoms with Crippen molar-refractivity contribution in [1.29, 1.82) is 0 Å². The summed E-state index contributed by atoms with van der Waals surface area (Å²) in [6.45, 7) is 2.14. The summed E-state index contributed by atoms with van der Waals surface area (Å²) in [6, 6.07) is 13.4. The smallest absolute Gasteiger partial charge is 0.343 e. The lowest BCUT2D eigenvalue weighted by atomic mass is 10.1. The van der Waals surface area contributed by atoms with Crippen LogP contribution in [0.15, 0.2) is 48.5 Å². The summed E-state index contributed by atoms with van der Waals surface area (Å²) >= 11 is 0. The van der Waals surface area contributed by atoms with Crippen molar-refractivity contribution >= 4 is 29.2 Å². The van der Waals surface area contributed by atoms with E-state index in [1.165, 1.54) is 6.92 Å². The maximum Gasteiger partial charge on any atom is 0.343 e. The Balaban J connectivity index is 1.64. The third kappa shape index (κ3) is 4.27. The highest BCUT2D eigenvalue weighted by atomic mass is 16.5. The molecule has 1 heterocycles. The predicted molar refractivity (Wildman–Crippen MR) is 98.4 cm³/mol. The number of amides is 2. The molecule has 6 nitrogen and oxygen atoms in total. The molecule has 0 aromatic heterocycles. The van der Waals surface area contributed by atoms with Gasteiger partial charge in [-0.05, 0) is 61.4 Å². The van der Waals surface area contributed by atoms with Crippen LogP contribution >= 0.6 is 0 Å². The van der Waals surface area contributed by atoms with E-state index in [0.717, 1.165) is 18.5 Å². The van der Waals surface area contributed by atoms with Crippen molar-refractivity contribution in [3.05, 3.63) is 54.1 Å². The summed E-state index contributed by atoms with van der Waals surface area (Å²) in [5, 5.41) is 2.65. The maximum atomic E-state index is 12.3. The quantitative estimate of drug-likeness (QED) is 0.676. The Bertz CT molecular complexity index is 813. The normalized spacial score (nSPS) is 14.0. The fourth-order valence-corrected chi connectivity index (χ4v) is 2.83. The molecule has 1 aliphatic rings. The van der Waals surface area contributed by atoms with Crippen LogP contribution in [0.4, 0.5) is 11.4 Å². The monoisotopic (exact) mass is 352 g/mol. The van der Waals surface area contributed by atoms with E-state index in [4.69, 9.17) is 4.74 Å². The Morgan fingerprint density at radius 3 is 2.31 bits per heavy atom. The van der Waals surface area contributed by atoms with E-state index >= 15 is 0 Å². The van der Waals surface area contributed by atoms with Gasteiger partial charge in [0.05, 0.1) is 5.56 Å². The van der Waals surface area contributed by atoms with Gasteiger partial charge < -0.3 is 15.0 Å². The van der Waals surface area contributed by atoms with E-state index < -0.39 is 5.97 Å². The Morgan fingerprint density at radius 2 is 1.69 bits per heavy atom. The molecule has 6 heteroatoms. The SMILES string of the molecule is CC(=O)Nc1ccc(OC(=O)c2ccc(N3CCCCC3=O)cc2)cc1. The van der Waals surface area contributed by atoms with E-state index in [1.807, 2.05) is 0 Å². The van der Waals surface area contributed by atoms with Gasteiger partial charge in [0.1, 0.15) is 5.75 Å². The van der Waals surface area contributed by atoms with Crippen molar-refractivity contribution < 1.29 is 19.1 Å². The van der Waals surface area contributed by atoms with Gasteiger partial charge >= 0.3 is 5.97 Å². The standard InChI is InChI=1S/C20H20N2O4/c1-14(23)21-16-7-11-18(12-8-16)26-20(25)15-5-9-17(10-6-15)22-13-3-2-4-19(22)24/h5-12H,2-4,13H2,1H3,(H,21,23). The van der Waals surface area contributed by atoms with Gasteiger partial charge in [-0.25, -0.2) is 4.79 Å². The molecule has 2 aromatic carbocycles. The van der Waals surface area contributed by atoms with E-state index in [-0.39, 0.29) is 11.8 Å². The molecule has 0 spiro atoms. The van der Waals surface area contributed by atoms with Crippen molar-refractivity contribution in [3.63, 3.8) is 0 Å². The molecule has 0 radical (unpaired) electrons. The maximum absolute atomic E-state index is 12.3. The van der Waals surface area contributed by atoms with Gasteiger partial charge in [0.25, 0.3) is 0 Å². The topological polar surface area (TPSA) is 75.7 Å². The summed E-state index contributed by atoms with van der Waals surface area (Å²) < 4.78 is 5.33. The molecule has 3 rings (SSSR count). The van der Waals surface area contributed by atoms with Crippen molar-refractivity contribution in [3.8, 4) is 5.75 Å². The van der Waals surface area contributed by atoms with E-state index in [2.05, 4.69) is 5.32 Å². The molecule has 1 saturated heterocycles. The fraction of sp³-hybridized carbons (Fsp3) is 0.250. The average molecular weight is 352 g/mol. The van der Waals surface area contributed by atoms with Crippen LogP contribution in [0.3, 0.4) is 0 Å². The van der Waals surface area contributed by atoms with Crippen molar-refractivity contribution in [2.45, 2.75) is 26.2 Å². The zero-order chi connectivity index (χ0) is 18.5. The van der Waals surface area contributed by atoms with E-state index in [1.54, 1.807) is 53.4 Å². The Kier molecular flexibility index (Phi) is 5.31. The van der Waals surface area contributed by atoms with Crippen LogP contribution in [0.5, 0.6) is 5.75 Å². The molecule has 0 aliphatic carbocycles. The Morgan fingerprint density at radius 1 is 1.00 bits per heavy atom. The van der Waals surface area contributed by atoms with Crippen molar-refractivity contribution in [2.24, 2.45) is 0 Å². The summed E-state index contributed by atoms with van der Waals surface area (Å²) in [6.07, 6.45) is 2.49. The molecule has 0 atom stereocenters. The van der Waals surface area contributed by atoms with Crippen LogP contribution < -0.4 is 15.0 Å². The summed E-state index contributed by atoms with van der Waals surface area (Å²) in [5.41, 5.74) is 1.84. The second-order valence-corrected chi connectivity index (χ2v) is 6.14. The van der Waals surface area contributed by atoms with Crippen LogP contribution in [-0.4, -0.2) is 24.3 Å². The lowest BCUT2D eigenvalue weighted by Crippen LogP contribution is -2.35. The number of nitrogens with one attached hydrogen (secondary N) is 1. The number of benzene rings is 2. The van der Waals surface area contributed by atoms with Gasteiger partial charge in [-0.3, -0.25) is 9.59 Å². The van der Waals surface area contributed by atoms with Gasteiger partial charge in [0.15, 0.2) is 0 Å². The van der Waals surface area contributed by atoms with Gasteiger partial charge in [-0.1, -0.05) is 0 Å². The predicted octanol–water partition coefficient (Wildman–Crippen LogP) is 3.38. The fourth-order valence-electron chi connectivity index (χ4n) is 2.83. The van der Waals surface area contributed by atoms with Gasteiger partial charge in [-0.15, -0.1) is 0 Å². The largest absolute Gasteiger partial charge is 0.423 e. The highest BCUT2D eigenvalue weighted by molar-refractivity contribution is 5.95. The number of carbonyl (C=O) groups excluding carboxylic acids is 3. The Hall–Kier alpha value is -3.15. The van der Waals surface area contributed by atoms with Gasteiger partial charge in [0.2, 0.25) is 11.8 Å². The van der Waals surface area contributed by atoms with Crippen LogP contribution in [0.2, 0.25) is 0 Å². The third-order valence-electron chi connectivity index (χ3n) is 4.12. The highest BCUT2D eigenvalue weighted by Crippen LogP contribution is 2.22. The number of piperidine rings is 1. The number of hydrogen-bond donors (Lipinski definition) is 1. The first-order chi connectivity index (χ1) is 12.5. The number of esters is 1. The number of anilines is 2. The van der Waals surface area contributed by atoms with Gasteiger partial charge in [0, 0.05) is 31.3 Å². The molecule has 134 valence electrons. The Labute approximate surface area is 151 Å². The minimum Gasteiger partial charge on any atom is -0.423 e. The second kappa shape index (κ2) is 7.82. The van der Waals surface area contributed by atoms with Crippen molar-refractivity contribution in [1.82, 2.24) is 0 Å². The first kappa shape index (κ1) is 17.7. The molecule has 26 heavy (non-hydrogen) atoms. The zero-order valence-electron chi connectivity index (χ0n) is 14.5. The van der Waals surface area contributed by atoms with Crippen LogP contribution in [0.25, 0.3) is 0 Å². The minimum atomic E-state index is -0.478. The number of carbonyl (C=O) groups is 3. The summed E-state index contributed by atoms with van der Waals surface area (Å²) in [4.78, 5) is 37.0. The number of hydrogen-bond acceptors (Lipinski definition) is 4. The highest BCUT2D eigenvalue weighted by Gasteiger charge is 2.20. The average Bonchev–Trinajstić information content (AvgIpc) is 2.63. The molecule has 0 saturated carbocycles. The number of rotatable bonds is 4. The molecular formula is C20H20N2O4. The number of nitrogens with zero attached hydrogens (tertiary/aromatic N) is 1. The first-order valence-corrected chi connectivity index (χ1v) is 8.53. The molecular weight excluding hydrogens is 332 g/mol. The molecule has 2 aromatic rings. The van der Waals surface area contributed by atoms with Crippen LogP contribution in [-0.2, 0) is 9.59 Å². The summed E-state index contributed by atoms with van der Waals surface area (Å²) in [7, 11) is 0. The molecule has 1 N–H and O–H groups in total. The van der Waals surface area contributed by atoms with E-state index in [0.29, 0.717) is 30.0 Å². The molecule has 0 unspecified atom stereocenters. The number of ether oxygens (including phenoxy) is 1. The molecule has 1 aliphatic heterocycles. The summed E-state index contributed by atoms with van der Waals surface area (Å²) in [5.74, 6) is -0.138. The first-order valence-electron chi connectivity index (χ1n) is 8.53.